The molecule has 0 heterocycles. The average Bonchev–Trinajstić information content (AvgIpc) is 1.98. The highest BCUT2D eigenvalue weighted by Crippen LogP contribution is 2.09. The molecule has 0 bridgehead atoms. The Bertz CT molecular complexity index is 83.3. The van der Waals surface area contributed by atoms with E-state index in [-0.39, 0.29) is 0 Å². The summed E-state index contributed by atoms with van der Waals surface area (Å²) in [5.41, 5.74) is 0. The lowest BCUT2D eigenvalue weighted by molar-refractivity contribution is -0.107. The molecule has 0 aliphatic heterocycles. The lowest BCUT2D eigenvalue weighted by Crippen LogP contribution is -1.95. The van der Waals surface area contributed by atoms with E-state index in [0.717, 1.165) is 24.9 Å². The molecule has 0 saturated heterocycles. The fourth-order valence-corrected chi connectivity index (χ4v) is 0.994. The van der Waals surface area contributed by atoms with Crippen molar-refractivity contribution in [3.8, 4) is 0 Å². The fraction of sp³-hybridized carbons (Fsp3) is 0.875. The van der Waals surface area contributed by atoms with Crippen molar-refractivity contribution >= 4 is 18.9 Å². The van der Waals surface area contributed by atoms with Gasteiger partial charge in [0, 0.05) is 6.42 Å². The van der Waals surface area contributed by atoms with E-state index in [1.807, 2.05) is 0 Å². The first-order chi connectivity index (χ1) is 4.81. The van der Waals surface area contributed by atoms with Gasteiger partial charge in [0.2, 0.25) is 0 Å². The van der Waals surface area contributed by atoms with Crippen LogP contribution in [0.5, 0.6) is 0 Å². The quantitative estimate of drug-likeness (QED) is 0.358. The van der Waals surface area contributed by atoms with Gasteiger partial charge in [-0.25, -0.2) is 0 Å². The Kier molecular flexibility index (Phi) is 7.15. The maximum atomic E-state index is 9.90. The molecule has 0 aromatic rings. The molecule has 60 valence electrons. The Morgan fingerprint density at radius 2 is 2.20 bits per heavy atom. The largest absolute Gasteiger partial charge is 0.303 e. The minimum absolute atomic E-state index is 0.704. The summed E-state index contributed by atoms with van der Waals surface area (Å²) < 4.78 is 0. The van der Waals surface area contributed by atoms with Crippen molar-refractivity contribution in [2.24, 2.45) is 5.92 Å². The van der Waals surface area contributed by atoms with Gasteiger partial charge in [-0.05, 0) is 24.5 Å². The number of thiol groups is 1. The topological polar surface area (TPSA) is 17.1 Å². The second kappa shape index (κ2) is 7.13. The lowest BCUT2D eigenvalue weighted by Gasteiger charge is -2.04. The van der Waals surface area contributed by atoms with Crippen LogP contribution < -0.4 is 0 Å². The van der Waals surface area contributed by atoms with Crippen LogP contribution in [-0.2, 0) is 4.79 Å². The third-order valence-corrected chi connectivity index (χ3v) is 2.20. The van der Waals surface area contributed by atoms with Crippen molar-refractivity contribution in [2.45, 2.75) is 32.6 Å². The van der Waals surface area contributed by atoms with Crippen LogP contribution in [-0.4, -0.2) is 12.0 Å². The molecule has 0 aromatic carbocycles. The van der Waals surface area contributed by atoms with Gasteiger partial charge in [-0.15, -0.1) is 0 Å². The summed E-state index contributed by atoms with van der Waals surface area (Å²) in [5, 5.41) is 0. The molecule has 10 heavy (non-hydrogen) atoms. The predicted octanol–water partition coefficient (Wildman–Crippen LogP) is 2.31. The standard InChI is InChI=1S/C8H16OS/c1-8(7-10)5-3-2-4-6-9/h6,8,10H,2-5,7H2,1H3. The molecule has 0 spiro atoms. The van der Waals surface area contributed by atoms with Crippen LogP contribution in [0.25, 0.3) is 0 Å². The molecular weight excluding hydrogens is 144 g/mol. The first-order valence-electron chi connectivity index (χ1n) is 3.85. The predicted molar refractivity (Wildman–Crippen MR) is 47.5 cm³/mol. The first-order valence-corrected chi connectivity index (χ1v) is 4.49. The molecule has 0 aromatic heterocycles. The second-order valence-electron chi connectivity index (χ2n) is 2.74. The van der Waals surface area contributed by atoms with Gasteiger partial charge < -0.3 is 4.79 Å². The zero-order valence-corrected chi connectivity index (χ0v) is 7.44. The smallest absolute Gasteiger partial charge is 0.119 e. The number of unbranched alkanes of at least 4 members (excludes halogenated alkanes) is 2. The van der Waals surface area contributed by atoms with Crippen molar-refractivity contribution in [2.75, 3.05) is 5.75 Å². The molecule has 0 fully saturated rings. The second-order valence-corrected chi connectivity index (χ2v) is 3.10. The van der Waals surface area contributed by atoms with Crippen molar-refractivity contribution in [3.63, 3.8) is 0 Å². The maximum Gasteiger partial charge on any atom is 0.119 e. The van der Waals surface area contributed by atoms with Crippen LogP contribution in [0.15, 0.2) is 0 Å². The molecule has 0 aliphatic carbocycles. The van der Waals surface area contributed by atoms with Gasteiger partial charge in [-0.1, -0.05) is 13.3 Å². The van der Waals surface area contributed by atoms with Crippen molar-refractivity contribution in [1.82, 2.24) is 0 Å². The Labute approximate surface area is 68.6 Å². The molecule has 2 heteroatoms. The van der Waals surface area contributed by atoms with E-state index in [1.165, 1.54) is 12.8 Å². The summed E-state index contributed by atoms with van der Waals surface area (Å²) in [6.07, 6.45) is 5.13. The fourth-order valence-electron chi connectivity index (χ4n) is 0.812. The molecule has 0 radical (unpaired) electrons. The third kappa shape index (κ3) is 6.14. The van der Waals surface area contributed by atoms with E-state index in [4.69, 9.17) is 0 Å². The van der Waals surface area contributed by atoms with Gasteiger partial charge in [0.1, 0.15) is 6.29 Å². The van der Waals surface area contributed by atoms with Crippen LogP contribution >= 0.6 is 12.6 Å². The summed E-state index contributed by atoms with van der Waals surface area (Å²) >= 11 is 4.17. The highest BCUT2D eigenvalue weighted by Gasteiger charge is 1.97. The Morgan fingerprint density at radius 1 is 1.50 bits per heavy atom. The molecule has 1 nitrogen and oxygen atoms in total. The molecular formula is C8H16OS. The minimum Gasteiger partial charge on any atom is -0.303 e. The molecule has 1 unspecified atom stereocenters. The SMILES string of the molecule is CC(CS)CCCCC=O. The minimum atomic E-state index is 0.704. The highest BCUT2D eigenvalue weighted by atomic mass is 32.1. The number of hydrogen-bond donors (Lipinski definition) is 1. The van der Waals surface area contributed by atoms with Crippen molar-refractivity contribution in [1.29, 1.82) is 0 Å². The summed E-state index contributed by atoms with van der Waals surface area (Å²) in [5.74, 6) is 1.66. The van der Waals surface area contributed by atoms with Crippen molar-refractivity contribution in [3.05, 3.63) is 0 Å². The van der Waals surface area contributed by atoms with E-state index in [1.54, 1.807) is 0 Å². The third-order valence-electron chi connectivity index (χ3n) is 1.58. The van der Waals surface area contributed by atoms with Gasteiger partial charge in [0.25, 0.3) is 0 Å². The van der Waals surface area contributed by atoms with Crippen LogP contribution in [0, 0.1) is 5.92 Å². The first kappa shape index (κ1) is 10.0. The van der Waals surface area contributed by atoms with Crippen LogP contribution in [0.4, 0.5) is 0 Å². The number of carbonyl (C=O) groups is 1. The zero-order chi connectivity index (χ0) is 7.82. The summed E-state index contributed by atoms with van der Waals surface area (Å²) in [6, 6.07) is 0. The number of hydrogen-bond acceptors (Lipinski definition) is 2. The Morgan fingerprint density at radius 3 is 2.70 bits per heavy atom. The van der Waals surface area contributed by atoms with E-state index in [2.05, 4.69) is 19.6 Å². The van der Waals surface area contributed by atoms with Gasteiger partial charge in [0.05, 0.1) is 0 Å². The van der Waals surface area contributed by atoms with E-state index in [9.17, 15) is 4.79 Å². The Balaban J connectivity index is 2.95. The van der Waals surface area contributed by atoms with Gasteiger partial charge >= 0.3 is 0 Å². The zero-order valence-electron chi connectivity index (χ0n) is 6.55. The summed E-state index contributed by atoms with van der Waals surface area (Å²) in [4.78, 5) is 9.90. The molecule has 0 saturated carbocycles. The normalized spacial score (nSPS) is 13.0. The monoisotopic (exact) mass is 160 g/mol. The number of carbonyl (C=O) groups excluding carboxylic acids is 1. The van der Waals surface area contributed by atoms with Crippen molar-refractivity contribution < 1.29 is 4.79 Å². The van der Waals surface area contributed by atoms with Crippen LogP contribution in [0.2, 0.25) is 0 Å². The average molecular weight is 160 g/mol. The highest BCUT2D eigenvalue weighted by molar-refractivity contribution is 7.80. The Hall–Kier alpha value is 0.0200. The molecule has 0 rings (SSSR count). The van der Waals surface area contributed by atoms with E-state index < -0.39 is 0 Å². The number of rotatable bonds is 6. The lowest BCUT2D eigenvalue weighted by atomic mass is 10.1. The molecule has 1 atom stereocenters. The van der Waals surface area contributed by atoms with Crippen LogP contribution in [0.1, 0.15) is 32.6 Å². The van der Waals surface area contributed by atoms with Crippen LogP contribution in [0.3, 0.4) is 0 Å². The van der Waals surface area contributed by atoms with Gasteiger partial charge in [-0.3, -0.25) is 0 Å². The molecule has 0 amide bonds. The van der Waals surface area contributed by atoms with E-state index in [0.29, 0.717) is 5.92 Å². The molecule has 0 aliphatic rings. The molecule has 0 N–H and O–H groups in total. The van der Waals surface area contributed by atoms with E-state index >= 15 is 0 Å². The maximum absolute atomic E-state index is 9.90. The van der Waals surface area contributed by atoms with Gasteiger partial charge in [0.15, 0.2) is 0 Å². The summed E-state index contributed by atoms with van der Waals surface area (Å²) in [7, 11) is 0. The number of aldehydes is 1. The van der Waals surface area contributed by atoms with Gasteiger partial charge in [-0.2, -0.15) is 12.6 Å². The summed E-state index contributed by atoms with van der Waals surface area (Å²) in [6.45, 7) is 2.19.